The van der Waals surface area contributed by atoms with Crippen molar-refractivity contribution in [2.75, 3.05) is 31.1 Å². The van der Waals surface area contributed by atoms with Gasteiger partial charge in [-0.3, -0.25) is 4.98 Å². The second-order valence-electron chi connectivity index (χ2n) is 10.5. The zero-order valence-electron chi connectivity index (χ0n) is 21.8. The summed E-state index contributed by atoms with van der Waals surface area (Å²) in [5, 5.41) is 5.69. The van der Waals surface area contributed by atoms with Gasteiger partial charge in [-0.25, -0.2) is 14.3 Å². The number of hydrogen-bond acceptors (Lipinski definition) is 6. The van der Waals surface area contributed by atoms with E-state index < -0.39 is 5.60 Å². The van der Waals surface area contributed by atoms with Crippen molar-refractivity contribution in [1.82, 2.24) is 24.5 Å². The number of carbonyl (C=O) groups excluding carboxylic acids is 1. The molecule has 0 radical (unpaired) electrons. The molecule has 1 fully saturated rings. The molecule has 0 aliphatic carbocycles. The zero-order chi connectivity index (χ0) is 26.3. The lowest BCUT2D eigenvalue weighted by molar-refractivity contribution is 0.0240. The van der Waals surface area contributed by atoms with Gasteiger partial charge in [-0.2, -0.15) is 5.10 Å². The molecule has 4 heterocycles. The maximum absolute atomic E-state index is 12.4. The topological polar surface area (TPSA) is 75.9 Å². The summed E-state index contributed by atoms with van der Waals surface area (Å²) >= 11 is 0. The number of amides is 1. The van der Waals surface area contributed by atoms with Crippen molar-refractivity contribution in [2.45, 2.75) is 26.4 Å². The summed E-state index contributed by atoms with van der Waals surface area (Å²) in [5.74, 6) is 0. The number of pyridine rings is 1. The molecular weight excluding hydrogens is 476 g/mol. The fraction of sp³-hybridized carbons (Fsp3) is 0.267. The van der Waals surface area contributed by atoms with E-state index in [2.05, 4.69) is 45.3 Å². The van der Waals surface area contributed by atoms with E-state index in [1.54, 1.807) is 4.90 Å². The Bertz CT molecular complexity index is 1610. The normalized spacial score (nSPS) is 14.3. The molecule has 0 spiro atoms. The maximum Gasteiger partial charge on any atom is 0.410 e. The SMILES string of the molecule is CC(C)(C)OC(=O)N1CCN(c2ccc(-c3cnc4c(-c5ccnc6ccccc56)cnn4c3)cc2)CC1. The summed E-state index contributed by atoms with van der Waals surface area (Å²) in [7, 11) is 0. The van der Waals surface area contributed by atoms with Crippen molar-refractivity contribution in [2.24, 2.45) is 0 Å². The molecule has 5 aromatic rings. The molecule has 1 amide bonds. The minimum Gasteiger partial charge on any atom is -0.444 e. The first-order valence-corrected chi connectivity index (χ1v) is 12.9. The third kappa shape index (κ3) is 4.65. The van der Waals surface area contributed by atoms with Crippen LogP contribution in [0.15, 0.2) is 79.4 Å². The first kappa shape index (κ1) is 23.9. The number of aromatic nitrogens is 4. The number of benzene rings is 2. The molecule has 8 heteroatoms. The Hall–Kier alpha value is -4.46. The Morgan fingerprint density at radius 1 is 0.842 bits per heavy atom. The van der Waals surface area contributed by atoms with Gasteiger partial charge in [0.05, 0.1) is 11.7 Å². The van der Waals surface area contributed by atoms with Crippen LogP contribution in [-0.4, -0.2) is 62.4 Å². The van der Waals surface area contributed by atoms with Gasteiger partial charge in [-0.15, -0.1) is 0 Å². The van der Waals surface area contributed by atoms with Crippen LogP contribution in [0.3, 0.4) is 0 Å². The number of piperazine rings is 1. The Kier molecular flexibility index (Phi) is 5.94. The van der Waals surface area contributed by atoms with Crippen molar-refractivity contribution >= 4 is 28.3 Å². The average Bonchev–Trinajstić information content (AvgIpc) is 3.35. The summed E-state index contributed by atoms with van der Waals surface area (Å²) in [5.41, 5.74) is 6.54. The van der Waals surface area contributed by atoms with Crippen molar-refractivity contribution in [3.63, 3.8) is 0 Å². The molecule has 0 unspecified atom stereocenters. The number of hydrogen-bond donors (Lipinski definition) is 0. The highest BCUT2D eigenvalue weighted by Gasteiger charge is 2.26. The summed E-state index contributed by atoms with van der Waals surface area (Å²) < 4.78 is 7.35. The third-order valence-corrected chi connectivity index (χ3v) is 6.79. The predicted molar refractivity (Wildman–Crippen MR) is 149 cm³/mol. The van der Waals surface area contributed by atoms with E-state index in [1.807, 2.05) is 74.3 Å². The Morgan fingerprint density at radius 2 is 1.61 bits per heavy atom. The second kappa shape index (κ2) is 9.45. The van der Waals surface area contributed by atoms with Crippen LogP contribution in [0.25, 0.3) is 38.8 Å². The highest BCUT2D eigenvalue weighted by Crippen LogP contribution is 2.31. The molecule has 38 heavy (non-hydrogen) atoms. The van der Waals surface area contributed by atoms with Crippen molar-refractivity contribution in [3.8, 4) is 22.3 Å². The Morgan fingerprint density at radius 3 is 2.37 bits per heavy atom. The Balaban J connectivity index is 1.18. The van der Waals surface area contributed by atoms with Crippen molar-refractivity contribution < 1.29 is 9.53 Å². The van der Waals surface area contributed by atoms with Crippen LogP contribution in [-0.2, 0) is 4.74 Å². The van der Waals surface area contributed by atoms with E-state index in [-0.39, 0.29) is 6.09 Å². The van der Waals surface area contributed by atoms with Crippen molar-refractivity contribution in [1.29, 1.82) is 0 Å². The molecule has 6 rings (SSSR count). The van der Waals surface area contributed by atoms with E-state index >= 15 is 0 Å². The number of nitrogens with zero attached hydrogens (tertiary/aromatic N) is 6. The number of fused-ring (bicyclic) bond motifs is 2. The number of para-hydroxylation sites is 1. The molecule has 1 aliphatic rings. The minimum absolute atomic E-state index is 0.241. The van der Waals surface area contributed by atoms with Crippen LogP contribution >= 0.6 is 0 Å². The molecule has 0 bridgehead atoms. The predicted octanol–water partition coefficient (Wildman–Crippen LogP) is 5.67. The molecule has 0 N–H and O–H groups in total. The van der Waals surface area contributed by atoms with Gasteiger partial charge in [0.1, 0.15) is 5.60 Å². The summed E-state index contributed by atoms with van der Waals surface area (Å²) in [6.07, 6.45) is 7.37. The second-order valence-corrected chi connectivity index (χ2v) is 10.5. The van der Waals surface area contributed by atoms with Gasteiger partial charge in [0.15, 0.2) is 5.65 Å². The first-order chi connectivity index (χ1) is 18.4. The van der Waals surface area contributed by atoms with Crippen LogP contribution in [0.4, 0.5) is 10.5 Å². The van der Waals surface area contributed by atoms with E-state index in [0.29, 0.717) is 13.1 Å². The number of anilines is 1. The van der Waals surface area contributed by atoms with Gasteiger partial charge in [0, 0.05) is 67.0 Å². The minimum atomic E-state index is -0.479. The monoisotopic (exact) mass is 506 g/mol. The van der Waals surface area contributed by atoms with Gasteiger partial charge in [0.25, 0.3) is 0 Å². The van der Waals surface area contributed by atoms with Crippen LogP contribution in [0.5, 0.6) is 0 Å². The summed E-state index contributed by atoms with van der Waals surface area (Å²) in [6.45, 7) is 8.51. The van der Waals surface area contributed by atoms with E-state index in [1.165, 1.54) is 0 Å². The number of rotatable bonds is 3. The fourth-order valence-electron chi connectivity index (χ4n) is 4.88. The summed E-state index contributed by atoms with van der Waals surface area (Å²) in [6, 6.07) is 18.6. The highest BCUT2D eigenvalue weighted by molar-refractivity contribution is 5.97. The third-order valence-electron chi connectivity index (χ3n) is 6.79. The number of ether oxygens (including phenoxy) is 1. The standard InChI is InChI=1S/C30H30N6O2/c1-30(2,3)38-29(37)35-16-14-34(15-17-35)23-10-8-21(9-11-23)22-18-32-28-26(19-33-36(28)20-22)24-12-13-31-27-7-5-4-6-25(24)27/h4-13,18-20H,14-17H2,1-3H3. The smallest absolute Gasteiger partial charge is 0.410 e. The van der Waals surface area contributed by atoms with Gasteiger partial charge in [-0.05, 0) is 56.2 Å². The quantitative estimate of drug-likeness (QED) is 0.314. The molecule has 0 saturated carbocycles. The van der Waals surface area contributed by atoms with E-state index in [0.717, 1.165) is 57.6 Å². The van der Waals surface area contributed by atoms with Crippen LogP contribution in [0.1, 0.15) is 20.8 Å². The fourth-order valence-corrected chi connectivity index (χ4v) is 4.88. The largest absolute Gasteiger partial charge is 0.444 e. The average molecular weight is 507 g/mol. The van der Waals surface area contributed by atoms with Crippen molar-refractivity contribution in [3.05, 3.63) is 79.4 Å². The molecule has 3 aromatic heterocycles. The molecule has 1 saturated heterocycles. The molecule has 0 atom stereocenters. The maximum atomic E-state index is 12.4. The molecule has 8 nitrogen and oxygen atoms in total. The molecular formula is C30H30N6O2. The molecule has 2 aromatic carbocycles. The van der Waals surface area contributed by atoms with Gasteiger partial charge >= 0.3 is 6.09 Å². The lowest BCUT2D eigenvalue weighted by Gasteiger charge is -2.36. The van der Waals surface area contributed by atoms with Crippen LogP contribution in [0.2, 0.25) is 0 Å². The van der Waals surface area contributed by atoms with Gasteiger partial charge in [0.2, 0.25) is 0 Å². The highest BCUT2D eigenvalue weighted by atomic mass is 16.6. The van der Waals surface area contributed by atoms with Gasteiger partial charge < -0.3 is 14.5 Å². The lowest BCUT2D eigenvalue weighted by atomic mass is 10.0. The zero-order valence-corrected chi connectivity index (χ0v) is 21.8. The van der Waals surface area contributed by atoms with Crippen LogP contribution in [0, 0.1) is 0 Å². The Labute approximate surface area is 221 Å². The lowest BCUT2D eigenvalue weighted by Crippen LogP contribution is -2.50. The van der Waals surface area contributed by atoms with Crippen LogP contribution < -0.4 is 4.90 Å². The first-order valence-electron chi connectivity index (χ1n) is 12.9. The summed E-state index contributed by atoms with van der Waals surface area (Å²) in [4.78, 5) is 25.7. The number of carbonyl (C=O) groups is 1. The van der Waals surface area contributed by atoms with E-state index in [9.17, 15) is 4.79 Å². The van der Waals surface area contributed by atoms with Gasteiger partial charge in [-0.1, -0.05) is 30.3 Å². The van der Waals surface area contributed by atoms with E-state index in [4.69, 9.17) is 9.72 Å². The molecule has 1 aliphatic heterocycles. The molecule has 192 valence electrons.